The molecule has 0 radical (unpaired) electrons. The Morgan fingerprint density at radius 2 is 0.444 bits per heavy atom. The molecule has 16 aromatic carbocycles. The van der Waals surface area contributed by atoms with Crippen molar-refractivity contribution in [2.75, 3.05) is 14.2 Å². The van der Waals surface area contributed by atoms with Crippen molar-refractivity contribution in [3.63, 3.8) is 0 Å². The topological polar surface area (TPSA) is 145 Å². The molecular weight excluding hydrogens is 1730 g/mol. The van der Waals surface area contributed by atoms with Crippen molar-refractivity contribution < 1.29 is 49.8 Å². The minimum absolute atomic E-state index is 0. The summed E-state index contributed by atoms with van der Waals surface area (Å²) < 4.78 is 10.6. The number of methoxy groups -OCH3 is 2. The van der Waals surface area contributed by atoms with Gasteiger partial charge in [-0.05, 0) is 165 Å². The van der Waals surface area contributed by atoms with E-state index >= 15 is 0 Å². The van der Waals surface area contributed by atoms with E-state index in [-0.39, 0.29) is 56.5 Å². The number of nitro benzene ring substituents is 2. The first-order valence-corrected chi connectivity index (χ1v) is 43.0. The molecule has 0 saturated heterocycles. The fourth-order valence-electron chi connectivity index (χ4n) is 11.7. The molecule has 0 fully saturated rings. The van der Waals surface area contributed by atoms with Gasteiger partial charge in [0, 0.05) is 32.6 Å². The van der Waals surface area contributed by atoms with Gasteiger partial charge in [0.15, 0.2) is 0 Å². The quantitative estimate of drug-likeness (QED) is 0.0284. The molecule has 0 aliphatic rings. The molecule has 0 heterocycles. The van der Waals surface area contributed by atoms with Crippen LogP contribution in [-0.4, -0.2) is 41.2 Å². The molecule has 2 N–H and O–H groups in total. The van der Waals surface area contributed by atoms with Crippen molar-refractivity contribution in [1.82, 2.24) is 0 Å². The van der Waals surface area contributed by atoms with E-state index in [0.29, 0.717) is 20.3 Å². The number of benzene rings is 16. The number of hydrogen-bond donors (Lipinski definition) is 2. The molecule has 0 unspecified atom stereocenters. The summed E-state index contributed by atoms with van der Waals surface area (Å²) in [5.74, 6) is 1.43. The van der Waals surface area contributed by atoms with Gasteiger partial charge in [-0.1, -0.05) is 427 Å². The van der Waals surface area contributed by atoms with Crippen molar-refractivity contribution in [2.45, 2.75) is 14.9 Å². The molecule has 0 amide bonds. The van der Waals surface area contributed by atoms with Gasteiger partial charge in [0.25, 0.3) is 11.4 Å². The van der Waals surface area contributed by atoms with Crippen LogP contribution in [-0.2, 0) is 20.4 Å². The van der Waals surface area contributed by atoms with Crippen LogP contribution < -0.4 is 78.6 Å². The summed E-state index contributed by atoms with van der Waals surface area (Å²) in [7, 11) is -0.0427. The van der Waals surface area contributed by atoms with Gasteiger partial charge in [-0.3, -0.25) is 20.2 Å². The molecule has 10 nitrogen and oxygen atoms in total. The number of nitro groups is 2. The fraction of sp³-hybridized carbons (Fsp3) is 0.0400. The van der Waals surface area contributed by atoms with Crippen molar-refractivity contribution in [3.8, 4) is 22.6 Å². The average Bonchev–Trinajstić information content (AvgIpc) is 0.834. The number of halogens is 1. The second-order valence-electron chi connectivity index (χ2n) is 24.7. The van der Waals surface area contributed by atoms with Crippen LogP contribution in [0.15, 0.2) is 461 Å². The standard InChI is InChI=1S/4C18H15P.C13H11NO3.C7H9BO3.C6H4INO2.2CH4.Pd/c4*1-4-10-16(11-5-1)19(17-12-6-2-7-13-17)18-14-8-3-9-15-18;1-17-11-8-6-10(7-9-11)12-4-2-3-5-13(12)14(15)16;1-11-7-4-2-6(3-5-7)8(9)10;7-5-3-1-2-4-6(5)8(9)10;;;/h4*1-15H;2-9H,1H3;2-5,9-10H,1H3;1-4H;2*1H4;. The first-order valence-electron chi connectivity index (χ1n) is 36.6. The summed E-state index contributed by atoms with van der Waals surface area (Å²) in [5.41, 5.74) is 2.16. The van der Waals surface area contributed by atoms with Crippen LogP contribution in [0.3, 0.4) is 0 Å². The number of ether oxygens (including phenoxy) is 2. The monoisotopic (exact) mass is 1820 g/mol. The molecule has 0 saturated carbocycles. The summed E-state index contributed by atoms with van der Waals surface area (Å²) in [6.07, 6.45) is 0. The molecule has 16 aromatic rings. The van der Waals surface area contributed by atoms with Crippen LogP contribution in [0.5, 0.6) is 11.5 Å². The number of hydrogen-bond acceptors (Lipinski definition) is 8. The van der Waals surface area contributed by atoms with Crippen LogP contribution >= 0.6 is 54.3 Å². The van der Waals surface area contributed by atoms with Gasteiger partial charge in [-0.15, -0.1) is 0 Å². The zero-order chi connectivity index (χ0) is 79.7. The Morgan fingerprint density at radius 1 is 0.265 bits per heavy atom. The van der Waals surface area contributed by atoms with Crippen LogP contribution in [0.4, 0.5) is 11.4 Å². The first-order chi connectivity index (χ1) is 56.0. The molecule has 16 rings (SSSR count). The van der Waals surface area contributed by atoms with E-state index in [1.165, 1.54) is 75.8 Å². The van der Waals surface area contributed by atoms with Crippen molar-refractivity contribution in [3.05, 3.63) is 485 Å². The summed E-state index contributed by atoms with van der Waals surface area (Å²) in [6, 6.07) is 156. The molecule has 0 atom stereocenters. The largest absolute Gasteiger partial charge is 0.497 e. The smallest absolute Gasteiger partial charge is 0.488 e. The predicted molar refractivity (Wildman–Crippen MR) is 508 cm³/mol. The Hall–Kier alpha value is -11.0. The molecule has 17 heteroatoms. The van der Waals surface area contributed by atoms with Crippen LogP contribution in [0.2, 0.25) is 0 Å². The summed E-state index contributed by atoms with van der Waals surface area (Å²) in [4.78, 5) is 20.4. The van der Waals surface area contributed by atoms with Crippen molar-refractivity contribution in [1.29, 1.82) is 0 Å². The third kappa shape index (κ3) is 29.3. The van der Waals surface area contributed by atoms with Crippen LogP contribution in [0, 0.1) is 23.8 Å². The summed E-state index contributed by atoms with van der Waals surface area (Å²) in [5, 5.41) is 55.3. The first kappa shape index (κ1) is 93.2. The van der Waals surface area contributed by atoms with Gasteiger partial charge in [0.1, 0.15) is 11.5 Å². The van der Waals surface area contributed by atoms with E-state index in [1.54, 1.807) is 99.1 Å². The van der Waals surface area contributed by atoms with Gasteiger partial charge in [0.05, 0.1) is 33.2 Å². The molecule has 0 bridgehead atoms. The van der Waals surface area contributed by atoms with E-state index < -0.39 is 38.8 Å². The van der Waals surface area contributed by atoms with Gasteiger partial charge in [0.2, 0.25) is 0 Å². The molecule has 0 aliphatic heterocycles. The van der Waals surface area contributed by atoms with Gasteiger partial charge in [-0.25, -0.2) is 0 Å². The van der Waals surface area contributed by atoms with E-state index in [2.05, 4.69) is 364 Å². The maximum Gasteiger partial charge on any atom is 0.488 e. The number of nitrogens with zero attached hydrogens (tertiary/aromatic N) is 2. The van der Waals surface area contributed by atoms with Crippen LogP contribution in [0.1, 0.15) is 14.9 Å². The molecule has 590 valence electrons. The molecule has 0 spiro atoms. The van der Waals surface area contributed by atoms with E-state index in [0.717, 1.165) is 11.3 Å². The fourth-order valence-corrected chi connectivity index (χ4v) is 21.5. The average molecular weight is 1820 g/mol. The molecule has 0 aliphatic carbocycles. The SMILES string of the molecule is C.C.COc1ccc(-c2ccccc2[N+](=O)[O-])cc1.COc1ccc(B(O)O)cc1.O=[N+]([O-])c1ccccc1I.[Pd].c1ccc(P(c2ccccc2)c2ccccc2)cc1.c1ccc(P(c2ccccc2)c2ccccc2)cc1.c1ccc(P(c2ccccc2)c2ccccc2)cc1.c1ccc(P(c2ccccc2)c2ccccc2)cc1. The predicted octanol–water partition coefficient (Wildman–Crippen LogP) is 19.9. The Morgan fingerprint density at radius 3 is 0.624 bits per heavy atom. The normalized spacial score (nSPS) is 9.99. The second-order valence-corrected chi connectivity index (χ2v) is 34.8. The van der Waals surface area contributed by atoms with Crippen molar-refractivity contribution >= 4 is 142 Å². The Bertz CT molecular complexity index is 4540. The molecule has 117 heavy (non-hydrogen) atoms. The minimum atomic E-state index is -1.40. The van der Waals surface area contributed by atoms with Crippen molar-refractivity contribution in [2.24, 2.45) is 0 Å². The van der Waals surface area contributed by atoms with Gasteiger partial charge < -0.3 is 19.5 Å². The zero-order valence-electron chi connectivity index (χ0n) is 63.2. The third-order valence-electron chi connectivity index (χ3n) is 17.1. The number of rotatable bonds is 18. The summed E-state index contributed by atoms with van der Waals surface area (Å²) >= 11 is 1.93. The zero-order valence-corrected chi connectivity index (χ0v) is 70.5. The van der Waals surface area contributed by atoms with Gasteiger partial charge in [-0.2, -0.15) is 0 Å². The molecule has 0 aromatic heterocycles. The van der Waals surface area contributed by atoms with Crippen LogP contribution in [0.25, 0.3) is 11.1 Å². The maximum atomic E-state index is 10.9. The van der Waals surface area contributed by atoms with Gasteiger partial charge >= 0.3 is 7.12 Å². The molecular formula is C100H92BIN2O8P4Pd. The summed E-state index contributed by atoms with van der Waals surface area (Å²) in [6.45, 7) is 0. The second kappa shape index (κ2) is 51.9. The van der Waals surface area contributed by atoms with E-state index in [4.69, 9.17) is 19.5 Å². The third-order valence-corrected chi connectivity index (χ3v) is 27.8. The van der Waals surface area contributed by atoms with E-state index in [1.807, 2.05) is 22.6 Å². The minimum Gasteiger partial charge on any atom is -0.497 e. The maximum absolute atomic E-state index is 10.9. The van der Waals surface area contributed by atoms with E-state index in [9.17, 15) is 20.2 Å². The number of para-hydroxylation sites is 2. The Labute approximate surface area is 722 Å². The Kier molecular flexibility index (Phi) is 41.3. The Balaban J connectivity index is 0.000000190.